The van der Waals surface area contributed by atoms with Crippen LogP contribution in [0.15, 0.2) is 67.0 Å². The lowest BCUT2D eigenvalue weighted by Gasteiger charge is -2.22. The van der Waals surface area contributed by atoms with E-state index in [2.05, 4.69) is 4.98 Å². The van der Waals surface area contributed by atoms with Gasteiger partial charge in [-0.2, -0.15) is 13.2 Å². The lowest BCUT2D eigenvalue weighted by Crippen LogP contribution is -2.13. The number of nitrogens with zero attached hydrogens (tertiary/aromatic N) is 1. The van der Waals surface area contributed by atoms with Crippen LogP contribution in [0.4, 0.5) is 13.2 Å². The van der Waals surface area contributed by atoms with Crippen LogP contribution in [0.3, 0.4) is 0 Å². The lowest BCUT2D eigenvalue weighted by atomic mass is 9.85. The highest BCUT2D eigenvalue weighted by atomic mass is 19.4. The standard InChI is InChI=1S/C26H26F3NO2/c1-31-24-11-8-20(17-25(24)32-22-4-2-3-5-22)23(16-18-12-14-30-15-13-18)19-6-9-21(10-7-19)26(27,28)29/h6-15,17,22-23H,2-5,16H2,1H3. The summed E-state index contributed by atoms with van der Waals surface area (Å²) in [7, 11) is 1.61. The van der Waals surface area contributed by atoms with Gasteiger partial charge in [0.2, 0.25) is 0 Å². The highest BCUT2D eigenvalue weighted by molar-refractivity contribution is 5.47. The van der Waals surface area contributed by atoms with Gasteiger partial charge in [0.05, 0.1) is 18.8 Å². The minimum Gasteiger partial charge on any atom is -0.493 e. The number of hydrogen-bond acceptors (Lipinski definition) is 3. The second kappa shape index (κ2) is 9.63. The molecule has 3 nitrogen and oxygen atoms in total. The van der Waals surface area contributed by atoms with Crippen LogP contribution in [0, 0.1) is 0 Å². The molecular weight excluding hydrogens is 415 g/mol. The predicted octanol–water partition coefficient (Wildman–Crippen LogP) is 6.81. The Kier molecular flexibility index (Phi) is 6.68. The van der Waals surface area contributed by atoms with Crippen molar-refractivity contribution in [1.82, 2.24) is 4.98 Å². The molecule has 1 saturated carbocycles. The van der Waals surface area contributed by atoms with Crippen LogP contribution in [0.1, 0.15) is 53.9 Å². The Morgan fingerprint density at radius 1 is 0.906 bits per heavy atom. The molecule has 0 amide bonds. The van der Waals surface area contributed by atoms with Gasteiger partial charge in [-0.25, -0.2) is 0 Å². The highest BCUT2D eigenvalue weighted by Crippen LogP contribution is 2.38. The molecule has 4 rings (SSSR count). The van der Waals surface area contributed by atoms with Crippen molar-refractivity contribution in [3.63, 3.8) is 0 Å². The summed E-state index contributed by atoms with van der Waals surface area (Å²) >= 11 is 0. The van der Waals surface area contributed by atoms with Crippen molar-refractivity contribution < 1.29 is 22.6 Å². The van der Waals surface area contributed by atoms with E-state index < -0.39 is 11.7 Å². The Labute approximate surface area is 186 Å². The fourth-order valence-electron chi connectivity index (χ4n) is 4.28. The first kappa shape index (κ1) is 22.2. The molecule has 1 unspecified atom stereocenters. The zero-order valence-electron chi connectivity index (χ0n) is 17.9. The van der Waals surface area contributed by atoms with E-state index in [0.29, 0.717) is 17.9 Å². The number of ether oxygens (including phenoxy) is 2. The summed E-state index contributed by atoms with van der Waals surface area (Å²) in [5, 5.41) is 0. The fraction of sp³-hybridized carbons (Fsp3) is 0.346. The van der Waals surface area contributed by atoms with Crippen LogP contribution in [0.25, 0.3) is 0 Å². The van der Waals surface area contributed by atoms with Gasteiger partial charge in [0.1, 0.15) is 0 Å². The minimum atomic E-state index is -4.36. The molecule has 1 aliphatic rings. The third-order valence-electron chi connectivity index (χ3n) is 6.02. The molecule has 0 radical (unpaired) electrons. The molecule has 6 heteroatoms. The number of halogens is 3. The largest absolute Gasteiger partial charge is 0.493 e. The number of alkyl halides is 3. The second-order valence-electron chi connectivity index (χ2n) is 8.17. The number of methoxy groups -OCH3 is 1. The van der Waals surface area contributed by atoms with Gasteiger partial charge in [-0.05, 0) is 85.2 Å². The second-order valence-corrected chi connectivity index (χ2v) is 8.17. The van der Waals surface area contributed by atoms with E-state index in [-0.39, 0.29) is 12.0 Å². The fourth-order valence-corrected chi connectivity index (χ4v) is 4.28. The zero-order chi connectivity index (χ0) is 22.6. The Balaban J connectivity index is 1.70. The summed E-state index contributed by atoms with van der Waals surface area (Å²) in [6.07, 6.45) is 4.24. The smallest absolute Gasteiger partial charge is 0.416 e. The zero-order valence-corrected chi connectivity index (χ0v) is 17.9. The van der Waals surface area contributed by atoms with Crippen molar-refractivity contribution in [2.24, 2.45) is 0 Å². The lowest BCUT2D eigenvalue weighted by molar-refractivity contribution is -0.137. The number of aromatic nitrogens is 1. The highest BCUT2D eigenvalue weighted by Gasteiger charge is 2.30. The summed E-state index contributed by atoms with van der Waals surface area (Å²) in [5.74, 6) is 1.20. The first-order valence-corrected chi connectivity index (χ1v) is 10.8. The van der Waals surface area contributed by atoms with E-state index in [1.807, 2.05) is 30.3 Å². The molecule has 0 N–H and O–H groups in total. The average Bonchev–Trinajstić information content (AvgIpc) is 3.31. The monoisotopic (exact) mass is 441 g/mol. The molecule has 3 aromatic rings. The van der Waals surface area contributed by atoms with Crippen molar-refractivity contribution in [3.8, 4) is 11.5 Å². The molecule has 1 aromatic heterocycles. The van der Waals surface area contributed by atoms with Crippen molar-refractivity contribution in [1.29, 1.82) is 0 Å². The molecule has 0 aliphatic heterocycles. The van der Waals surface area contributed by atoms with Gasteiger partial charge in [0.25, 0.3) is 0 Å². The Hall–Kier alpha value is -3.02. The van der Waals surface area contributed by atoms with Crippen molar-refractivity contribution in [3.05, 3.63) is 89.2 Å². The molecule has 0 bridgehead atoms. The van der Waals surface area contributed by atoms with Gasteiger partial charge < -0.3 is 9.47 Å². The summed E-state index contributed by atoms with van der Waals surface area (Å²) in [6, 6.07) is 15.1. The van der Waals surface area contributed by atoms with Crippen molar-refractivity contribution in [2.45, 2.75) is 50.3 Å². The summed E-state index contributed by atoms with van der Waals surface area (Å²) in [4.78, 5) is 4.07. The third-order valence-corrected chi connectivity index (χ3v) is 6.02. The normalized spacial score (nSPS) is 15.5. The SMILES string of the molecule is COc1ccc(C(Cc2ccncc2)c2ccc(C(F)(F)F)cc2)cc1OC1CCCC1. The molecular formula is C26H26F3NO2. The molecule has 1 heterocycles. The maximum Gasteiger partial charge on any atom is 0.416 e. The molecule has 168 valence electrons. The number of pyridine rings is 1. The number of hydrogen-bond donors (Lipinski definition) is 0. The van der Waals surface area contributed by atoms with Crippen molar-refractivity contribution in [2.75, 3.05) is 7.11 Å². The van der Waals surface area contributed by atoms with Crippen LogP contribution in [0.2, 0.25) is 0 Å². The molecule has 1 aliphatic carbocycles. The predicted molar refractivity (Wildman–Crippen MR) is 117 cm³/mol. The van der Waals surface area contributed by atoms with Gasteiger partial charge in [0, 0.05) is 18.3 Å². The minimum absolute atomic E-state index is 0.142. The van der Waals surface area contributed by atoms with E-state index in [1.54, 1.807) is 31.6 Å². The van der Waals surface area contributed by atoms with Gasteiger partial charge in [-0.1, -0.05) is 18.2 Å². The van der Waals surface area contributed by atoms with Crippen LogP contribution in [-0.4, -0.2) is 18.2 Å². The Bertz CT molecular complexity index is 1010. The molecule has 0 saturated heterocycles. The number of rotatable bonds is 7. The Morgan fingerprint density at radius 3 is 2.19 bits per heavy atom. The summed E-state index contributed by atoms with van der Waals surface area (Å²) < 4.78 is 51.0. The van der Waals surface area contributed by atoms with Gasteiger partial charge in [-0.15, -0.1) is 0 Å². The van der Waals surface area contributed by atoms with Gasteiger partial charge in [-0.3, -0.25) is 4.98 Å². The van der Waals surface area contributed by atoms with Crippen LogP contribution in [0.5, 0.6) is 11.5 Å². The van der Waals surface area contributed by atoms with Crippen LogP contribution < -0.4 is 9.47 Å². The maximum absolute atomic E-state index is 13.1. The van der Waals surface area contributed by atoms with E-state index in [4.69, 9.17) is 9.47 Å². The van der Waals surface area contributed by atoms with Gasteiger partial charge >= 0.3 is 6.18 Å². The van der Waals surface area contributed by atoms with E-state index in [9.17, 15) is 13.2 Å². The van der Waals surface area contributed by atoms with Crippen LogP contribution in [-0.2, 0) is 12.6 Å². The van der Waals surface area contributed by atoms with E-state index >= 15 is 0 Å². The number of benzene rings is 2. The average molecular weight is 441 g/mol. The summed E-state index contributed by atoms with van der Waals surface area (Å²) in [5.41, 5.74) is 2.19. The van der Waals surface area contributed by atoms with Gasteiger partial charge in [0.15, 0.2) is 11.5 Å². The van der Waals surface area contributed by atoms with E-state index in [0.717, 1.165) is 54.5 Å². The summed E-state index contributed by atoms with van der Waals surface area (Å²) in [6.45, 7) is 0. The molecule has 32 heavy (non-hydrogen) atoms. The quantitative estimate of drug-likeness (QED) is 0.404. The molecule has 2 aromatic carbocycles. The topological polar surface area (TPSA) is 31.4 Å². The maximum atomic E-state index is 13.1. The Morgan fingerprint density at radius 2 is 1.56 bits per heavy atom. The van der Waals surface area contributed by atoms with E-state index in [1.165, 1.54) is 0 Å². The van der Waals surface area contributed by atoms with Crippen molar-refractivity contribution >= 4 is 0 Å². The molecule has 1 fully saturated rings. The molecule has 0 spiro atoms. The third kappa shape index (κ3) is 5.23. The molecule has 1 atom stereocenters. The van der Waals surface area contributed by atoms with Crippen LogP contribution >= 0.6 is 0 Å². The first-order chi connectivity index (χ1) is 15.4. The first-order valence-electron chi connectivity index (χ1n) is 10.8.